The lowest BCUT2D eigenvalue weighted by molar-refractivity contribution is -0.145. The van der Waals surface area contributed by atoms with Gasteiger partial charge in [-0.3, -0.25) is 5.43 Å². The molecule has 2 N–H and O–H groups in total. The minimum absolute atomic E-state index is 0.0613. The first-order valence-electron chi connectivity index (χ1n) is 7.37. The molecule has 0 spiro atoms. The molecule has 0 aromatic heterocycles. The topological polar surface area (TPSA) is 85.4 Å². The molecule has 0 bridgehead atoms. The number of piperazine rings is 1. The van der Waals surface area contributed by atoms with Crippen molar-refractivity contribution in [1.29, 1.82) is 0 Å². The highest BCUT2D eigenvalue weighted by Gasteiger charge is 2.25. The standard InChI is InChI=1S/C13H24N4O4/c1-15-6-8-17(9-7-15)14-13(20)16-4-2-11(3-5-16)21-10-12(18)19/h11H,2-10H2,1H3,(H,14,20)(H,18,19). The van der Waals surface area contributed by atoms with E-state index in [0.29, 0.717) is 25.9 Å². The molecule has 8 nitrogen and oxygen atoms in total. The lowest BCUT2D eigenvalue weighted by Gasteiger charge is -2.36. The van der Waals surface area contributed by atoms with E-state index in [1.807, 2.05) is 5.01 Å². The van der Waals surface area contributed by atoms with Gasteiger partial charge in [-0.2, -0.15) is 0 Å². The van der Waals surface area contributed by atoms with Crippen LogP contribution in [-0.2, 0) is 9.53 Å². The van der Waals surface area contributed by atoms with E-state index >= 15 is 0 Å². The SMILES string of the molecule is CN1CCN(NC(=O)N2CCC(OCC(=O)O)CC2)CC1. The summed E-state index contributed by atoms with van der Waals surface area (Å²) in [6.45, 7) is 4.50. The Morgan fingerprint density at radius 3 is 2.33 bits per heavy atom. The van der Waals surface area contributed by atoms with Gasteiger partial charge in [0.25, 0.3) is 0 Å². The maximum atomic E-state index is 12.1. The second-order valence-corrected chi connectivity index (χ2v) is 5.60. The van der Waals surface area contributed by atoms with E-state index < -0.39 is 5.97 Å². The van der Waals surface area contributed by atoms with Crippen molar-refractivity contribution >= 4 is 12.0 Å². The quantitative estimate of drug-likeness (QED) is 0.723. The van der Waals surface area contributed by atoms with Gasteiger partial charge in [-0.25, -0.2) is 14.6 Å². The summed E-state index contributed by atoms with van der Waals surface area (Å²) in [7, 11) is 2.07. The number of carbonyl (C=O) groups is 2. The normalized spacial score (nSPS) is 22.2. The smallest absolute Gasteiger partial charge is 0.331 e. The largest absolute Gasteiger partial charge is 0.480 e. The zero-order valence-corrected chi connectivity index (χ0v) is 12.5. The number of aliphatic carboxylic acids is 1. The molecule has 2 amide bonds. The van der Waals surface area contributed by atoms with Gasteiger partial charge in [-0.05, 0) is 19.9 Å². The molecule has 0 aromatic carbocycles. The Bertz CT molecular complexity index is 363. The second-order valence-electron chi connectivity index (χ2n) is 5.60. The van der Waals surface area contributed by atoms with Crippen molar-refractivity contribution in [2.45, 2.75) is 18.9 Å². The molecule has 0 unspecified atom stereocenters. The van der Waals surface area contributed by atoms with Gasteiger partial charge in [0.15, 0.2) is 0 Å². The number of hydrogen-bond acceptors (Lipinski definition) is 5. The van der Waals surface area contributed by atoms with Gasteiger partial charge in [-0.1, -0.05) is 0 Å². The molecule has 0 radical (unpaired) electrons. The first-order chi connectivity index (χ1) is 10.0. The number of likely N-dealkylation sites (N-methyl/N-ethyl adjacent to an activating group) is 1. The van der Waals surface area contributed by atoms with Crippen LogP contribution in [0.2, 0.25) is 0 Å². The molecule has 2 fully saturated rings. The van der Waals surface area contributed by atoms with Crippen molar-refractivity contribution in [3.05, 3.63) is 0 Å². The highest BCUT2D eigenvalue weighted by Crippen LogP contribution is 2.13. The van der Waals surface area contributed by atoms with E-state index in [2.05, 4.69) is 17.4 Å². The van der Waals surface area contributed by atoms with Gasteiger partial charge < -0.3 is 19.6 Å². The summed E-state index contributed by atoms with van der Waals surface area (Å²) in [6.07, 6.45) is 1.31. The van der Waals surface area contributed by atoms with E-state index in [1.165, 1.54) is 0 Å². The number of likely N-dealkylation sites (tertiary alicyclic amines) is 1. The maximum absolute atomic E-state index is 12.1. The minimum Gasteiger partial charge on any atom is -0.480 e. The summed E-state index contributed by atoms with van der Waals surface area (Å²) < 4.78 is 5.26. The van der Waals surface area contributed by atoms with Crippen LogP contribution >= 0.6 is 0 Å². The molecule has 0 aromatic rings. The number of carboxylic acids is 1. The number of piperidine rings is 1. The van der Waals surface area contributed by atoms with E-state index in [1.54, 1.807) is 4.90 Å². The highest BCUT2D eigenvalue weighted by atomic mass is 16.5. The maximum Gasteiger partial charge on any atom is 0.331 e. The van der Waals surface area contributed by atoms with Crippen LogP contribution in [0.25, 0.3) is 0 Å². The fourth-order valence-corrected chi connectivity index (χ4v) is 2.54. The Hall–Kier alpha value is -1.38. The van der Waals surface area contributed by atoms with Crippen LogP contribution in [0.5, 0.6) is 0 Å². The van der Waals surface area contributed by atoms with E-state index in [0.717, 1.165) is 26.2 Å². The molecule has 2 aliphatic heterocycles. The van der Waals surface area contributed by atoms with E-state index in [4.69, 9.17) is 9.84 Å². The van der Waals surface area contributed by atoms with Gasteiger partial charge in [0.05, 0.1) is 6.10 Å². The van der Waals surface area contributed by atoms with Gasteiger partial charge in [-0.15, -0.1) is 0 Å². The lowest BCUT2D eigenvalue weighted by Crippen LogP contribution is -2.56. The zero-order valence-electron chi connectivity index (χ0n) is 12.5. The van der Waals surface area contributed by atoms with E-state index in [9.17, 15) is 9.59 Å². The Kier molecular flexibility index (Phi) is 5.77. The number of urea groups is 1. The van der Waals surface area contributed by atoms with Crippen LogP contribution in [0.4, 0.5) is 4.79 Å². The van der Waals surface area contributed by atoms with Crippen molar-refractivity contribution in [2.24, 2.45) is 0 Å². The van der Waals surface area contributed by atoms with Gasteiger partial charge in [0.1, 0.15) is 6.61 Å². The van der Waals surface area contributed by atoms with Crippen LogP contribution in [0.15, 0.2) is 0 Å². The number of rotatable bonds is 4. The van der Waals surface area contributed by atoms with Crippen LogP contribution in [0, 0.1) is 0 Å². The molecule has 2 rings (SSSR count). The van der Waals surface area contributed by atoms with E-state index in [-0.39, 0.29) is 18.7 Å². The molecular formula is C13H24N4O4. The Morgan fingerprint density at radius 1 is 1.14 bits per heavy atom. The predicted octanol–water partition coefficient (Wildman–Crippen LogP) is -0.576. The number of amides is 2. The minimum atomic E-state index is -0.953. The van der Waals surface area contributed by atoms with Crippen molar-refractivity contribution in [1.82, 2.24) is 20.2 Å². The number of nitrogens with zero attached hydrogens (tertiary/aromatic N) is 3. The van der Waals surface area contributed by atoms with Crippen LogP contribution in [-0.4, -0.2) is 90.9 Å². The summed E-state index contributed by atoms with van der Waals surface area (Å²) in [4.78, 5) is 26.6. The Labute approximate surface area is 124 Å². The zero-order chi connectivity index (χ0) is 15.2. The third-order valence-corrected chi connectivity index (χ3v) is 3.93. The summed E-state index contributed by atoms with van der Waals surface area (Å²) in [5, 5.41) is 10.5. The molecular weight excluding hydrogens is 276 g/mol. The highest BCUT2D eigenvalue weighted by molar-refractivity contribution is 5.73. The van der Waals surface area contributed by atoms with Crippen molar-refractivity contribution in [2.75, 3.05) is 52.9 Å². The predicted molar refractivity (Wildman–Crippen MR) is 75.8 cm³/mol. The number of hydrogen-bond donors (Lipinski definition) is 2. The average molecular weight is 300 g/mol. The summed E-state index contributed by atoms with van der Waals surface area (Å²) in [5.41, 5.74) is 2.93. The van der Waals surface area contributed by atoms with Gasteiger partial charge in [0.2, 0.25) is 0 Å². The second kappa shape index (κ2) is 7.58. The third-order valence-electron chi connectivity index (χ3n) is 3.93. The monoisotopic (exact) mass is 300 g/mol. The molecule has 120 valence electrons. The van der Waals surface area contributed by atoms with Crippen molar-refractivity contribution in [3.63, 3.8) is 0 Å². The fourth-order valence-electron chi connectivity index (χ4n) is 2.54. The Morgan fingerprint density at radius 2 is 1.76 bits per heavy atom. The van der Waals surface area contributed by atoms with Crippen LogP contribution in [0.1, 0.15) is 12.8 Å². The fraction of sp³-hybridized carbons (Fsp3) is 0.846. The molecule has 2 saturated heterocycles. The first kappa shape index (κ1) is 16.0. The number of ether oxygens (including phenoxy) is 1. The van der Waals surface area contributed by atoms with Crippen LogP contribution in [0.3, 0.4) is 0 Å². The van der Waals surface area contributed by atoms with Crippen LogP contribution < -0.4 is 5.43 Å². The van der Waals surface area contributed by atoms with Gasteiger partial charge in [0, 0.05) is 39.3 Å². The number of hydrazine groups is 1. The summed E-state index contributed by atoms with van der Waals surface area (Å²) in [6, 6.07) is -0.0729. The third kappa shape index (κ3) is 5.14. The average Bonchev–Trinajstić information content (AvgIpc) is 2.48. The molecule has 2 aliphatic rings. The number of nitrogens with one attached hydrogen (secondary N) is 1. The summed E-state index contributed by atoms with van der Waals surface area (Å²) >= 11 is 0. The van der Waals surface area contributed by atoms with Crippen molar-refractivity contribution in [3.8, 4) is 0 Å². The lowest BCUT2D eigenvalue weighted by atomic mass is 10.1. The molecule has 0 aliphatic carbocycles. The first-order valence-corrected chi connectivity index (χ1v) is 7.37. The van der Waals surface area contributed by atoms with Crippen molar-refractivity contribution < 1.29 is 19.4 Å². The molecule has 0 saturated carbocycles. The number of carboxylic acid groups (broad SMARTS) is 1. The number of carbonyl (C=O) groups excluding carboxylic acids is 1. The molecule has 8 heteroatoms. The summed E-state index contributed by atoms with van der Waals surface area (Å²) in [5.74, 6) is -0.953. The molecule has 0 atom stereocenters. The molecule has 2 heterocycles. The Balaban J connectivity index is 1.67. The molecule has 21 heavy (non-hydrogen) atoms. The van der Waals surface area contributed by atoms with Gasteiger partial charge >= 0.3 is 12.0 Å².